The first kappa shape index (κ1) is 25.9. The van der Waals surface area contributed by atoms with E-state index < -0.39 is 42.8 Å². The molecule has 0 saturated heterocycles. The number of aromatic nitrogens is 2. The lowest BCUT2D eigenvalue weighted by Crippen LogP contribution is -2.48. The van der Waals surface area contributed by atoms with Crippen molar-refractivity contribution in [2.75, 3.05) is 20.3 Å². The van der Waals surface area contributed by atoms with Gasteiger partial charge in [0.05, 0.1) is 25.1 Å². The second kappa shape index (κ2) is 10.4. The Morgan fingerprint density at radius 1 is 1.19 bits per heavy atom. The smallest absolute Gasteiger partial charge is 0.390 e. The molecule has 0 saturated carbocycles. The molecule has 2 amide bonds. The minimum absolute atomic E-state index is 0.0540. The molecule has 2 aromatic heterocycles. The number of primary amides is 1. The van der Waals surface area contributed by atoms with Crippen molar-refractivity contribution in [1.29, 1.82) is 0 Å². The van der Waals surface area contributed by atoms with Crippen LogP contribution in [-0.4, -0.2) is 59.2 Å². The van der Waals surface area contributed by atoms with Gasteiger partial charge in [0.1, 0.15) is 18.1 Å². The monoisotopic (exact) mass is 518 g/mol. The number of ether oxygens (including phenoxy) is 2. The van der Waals surface area contributed by atoms with Gasteiger partial charge in [-0.1, -0.05) is 12.1 Å². The number of pyridine rings is 2. The van der Waals surface area contributed by atoms with E-state index in [0.29, 0.717) is 22.4 Å². The molecule has 0 aliphatic carbocycles. The van der Waals surface area contributed by atoms with E-state index in [9.17, 15) is 27.2 Å². The summed E-state index contributed by atoms with van der Waals surface area (Å²) in [7, 11) is 1.29. The molecule has 0 bridgehead atoms. The van der Waals surface area contributed by atoms with Gasteiger partial charge < -0.3 is 20.1 Å². The van der Waals surface area contributed by atoms with Gasteiger partial charge >= 0.3 is 6.18 Å². The van der Waals surface area contributed by atoms with Crippen molar-refractivity contribution in [1.82, 2.24) is 14.9 Å². The molecule has 4 rings (SSSR count). The van der Waals surface area contributed by atoms with E-state index in [1.807, 2.05) is 0 Å². The molecule has 3 aromatic rings. The van der Waals surface area contributed by atoms with E-state index >= 15 is 0 Å². The fraction of sp³-hybridized carbons (Fsp3) is 0.280. The summed E-state index contributed by atoms with van der Waals surface area (Å²) < 4.78 is 64.4. The lowest BCUT2D eigenvalue weighted by Gasteiger charge is -2.36. The Hall–Kier alpha value is -4.22. The highest BCUT2D eigenvalue weighted by atomic mass is 19.4. The van der Waals surface area contributed by atoms with E-state index in [2.05, 4.69) is 9.97 Å². The minimum atomic E-state index is -4.51. The Morgan fingerprint density at radius 3 is 2.59 bits per heavy atom. The van der Waals surface area contributed by atoms with Crippen molar-refractivity contribution in [2.45, 2.75) is 25.1 Å². The van der Waals surface area contributed by atoms with Crippen LogP contribution in [-0.2, 0) is 6.42 Å². The van der Waals surface area contributed by atoms with Crippen molar-refractivity contribution in [2.24, 2.45) is 5.73 Å². The minimum Gasteiger partial charge on any atom is -0.491 e. The summed E-state index contributed by atoms with van der Waals surface area (Å²) in [5, 5.41) is 0. The number of rotatable bonds is 7. The number of halogens is 4. The fourth-order valence-electron chi connectivity index (χ4n) is 4.10. The second-order valence-corrected chi connectivity index (χ2v) is 8.33. The van der Waals surface area contributed by atoms with Gasteiger partial charge in [0.25, 0.3) is 5.91 Å². The highest BCUT2D eigenvalue weighted by molar-refractivity contribution is 5.95. The zero-order valence-corrected chi connectivity index (χ0v) is 19.6. The Bertz CT molecular complexity index is 1320. The fourth-order valence-corrected chi connectivity index (χ4v) is 4.10. The lowest BCUT2D eigenvalue weighted by molar-refractivity contribution is -0.137. The molecule has 0 fully saturated rings. The number of carbonyl (C=O) groups excluding carboxylic acids is 2. The van der Waals surface area contributed by atoms with Crippen LogP contribution in [0, 0.1) is 5.82 Å². The molecule has 1 aliphatic heterocycles. The van der Waals surface area contributed by atoms with Crippen LogP contribution in [0.15, 0.2) is 48.8 Å². The summed E-state index contributed by atoms with van der Waals surface area (Å²) in [5.74, 6) is -1.90. The predicted molar refractivity (Wildman–Crippen MR) is 124 cm³/mol. The number of hydrogen-bond donors (Lipinski definition) is 1. The van der Waals surface area contributed by atoms with Gasteiger partial charge in [-0.3, -0.25) is 14.6 Å². The molecule has 194 valence electrons. The highest BCUT2D eigenvalue weighted by Crippen LogP contribution is 2.36. The second-order valence-electron chi connectivity index (χ2n) is 8.33. The molecule has 3 heterocycles. The number of fused-ring (bicyclic) bond motifs is 1. The van der Waals surface area contributed by atoms with Gasteiger partial charge in [-0.15, -0.1) is 0 Å². The number of hydrogen-bond acceptors (Lipinski definition) is 6. The summed E-state index contributed by atoms with van der Waals surface area (Å²) in [6.45, 7) is -0.694. The zero-order valence-electron chi connectivity index (χ0n) is 19.6. The maximum atomic E-state index is 14.3. The van der Waals surface area contributed by atoms with Crippen LogP contribution >= 0.6 is 0 Å². The molecule has 37 heavy (non-hydrogen) atoms. The van der Waals surface area contributed by atoms with E-state index in [1.165, 1.54) is 31.5 Å². The van der Waals surface area contributed by atoms with Gasteiger partial charge in [0.2, 0.25) is 11.8 Å². The molecule has 12 heteroatoms. The standard InChI is InChI=1S/C25H22F4N4O4/c1-36-23-19(26)9-15(12-32-23)17-3-2-4-21-18(17)10-16(13-37-21)33(8-7-25(27,28)29)24(35)20-6-5-14(11-31-20)22(30)34/h2-6,9,11-12,16H,7-8,10,13H2,1H3,(H2,30,34)/t16-/m0/s1. The maximum Gasteiger partial charge on any atom is 0.390 e. The van der Waals surface area contributed by atoms with E-state index in [4.69, 9.17) is 15.2 Å². The third kappa shape index (κ3) is 5.79. The maximum absolute atomic E-state index is 14.3. The van der Waals surface area contributed by atoms with Crippen LogP contribution in [0.25, 0.3) is 11.1 Å². The van der Waals surface area contributed by atoms with Crippen molar-refractivity contribution < 1.29 is 36.6 Å². The first-order chi connectivity index (χ1) is 17.6. The number of benzene rings is 1. The van der Waals surface area contributed by atoms with Gasteiger partial charge in [-0.25, -0.2) is 9.37 Å². The zero-order chi connectivity index (χ0) is 26.7. The van der Waals surface area contributed by atoms with E-state index in [-0.39, 0.29) is 30.2 Å². The van der Waals surface area contributed by atoms with E-state index in [0.717, 1.165) is 11.1 Å². The molecule has 1 atom stereocenters. The SMILES string of the molecule is COc1ncc(-c2cccc3c2C[C@H](N(CCC(F)(F)F)C(=O)c2ccc(C(N)=O)cn2)CO3)cc1F. The number of amides is 2. The molecule has 0 spiro atoms. The number of alkyl halides is 3. The molecule has 8 nitrogen and oxygen atoms in total. The normalized spacial score (nSPS) is 14.9. The highest BCUT2D eigenvalue weighted by Gasteiger charge is 2.35. The van der Waals surface area contributed by atoms with E-state index in [1.54, 1.807) is 18.2 Å². The molecular formula is C25H22F4N4O4. The van der Waals surface area contributed by atoms with Gasteiger partial charge in [-0.2, -0.15) is 13.2 Å². The Kier molecular flexibility index (Phi) is 7.28. The van der Waals surface area contributed by atoms with Crippen molar-refractivity contribution in [3.05, 3.63) is 71.4 Å². The van der Waals surface area contributed by atoms with Crippen LogP contribution in [0.2, 0.25) is 0 Å². The summed E-state index contributed by atoms with van der Waals surface area (Å²) in [5.41, 5.74) is 6.66. The molecule has 2 N–H and O–H groups in total. The number of nitrogens with two attached hydrogens (primary N) is 1. The number of methoxy groups -OCH3 is 1. The summed E-state index contributed by atoms with van der Waals surface area (Å²) in [6, 6.07) is 8.07. The Balaban J connectivity index is 1.67. The van der Waals surface area contributed by atoms with Gasteiger partial charge in [0.15, 0.2) is 5.82 Å². The summed E-state index contributed by atoms with van der Waals surface area (Å²) >= 11 is 0. The van der Waals surface area contributed by atoms with Crippen LogP contribution in [0.5, 0.6) is 11.6 Å². The summed E-state index contributed by atoms with van der Waals surface area (Å²) in [6.07, 6.45) is -3.10. The number of nitrogens with zero attached hydrogens (tertiary/aromatic N) is 3. The topological polar surface area (TPSA) is 108 Å². The molecule has 1 aliphatic rings. The van der Waals surface area contributed by atoms with Crippen LogP contribution in [0.3, 0.4) is 0 Å². The Morgan fingerprint density at radius 2 is 1.97 bits per heavy atom. The first-order valence-corrected chi connectivity index (χ1v) is 11.2. The lowest BCUT2D eigenvalue weighted by atomic mass is 9.92. The quantitative estimate of drug-likeness (QED) is 0.477. The largest absolute Gasteiger partial charge is 0.491 e. The van der Waals surface area contributed by atoms with Crippen LogP contribution < -0.4 is 15.2 Å². The van der Waals surface area contributed by atoms with Crippen molar-refractivity contribution in [3.8, 4) is 22.8 Å². The third-order valence-electron chi connectivity index (χ3n) is 5.92. The molecule has 0 unspecified atom stereocenters. The first-order valence-electron chi connectivity index (χ1n) is 11.2. The average Bonchev–Trinajstić information content (AvgIpc) is 2.87. The average molecular weight is 518 g/mol. The van der Waals surface area contributed by atoms with Crippen molar-refractivity contribution in [3.63, 3.8) is 0 Å². The van der Waals surface area contributed by atoms with Crippen LogP contribution in [0.1, 0.15) is 32.8 Å². The Labute approximate surface area is 209 Å². The molecule has 1 aromatic carbocycles. The number of carbonyl (C=O) groups is 2. The summed E-state index contributed by atoms with van der Waals surface area (Å²) in [4.78, 5) is 33.5. The molecular weight excluding hydrogens is 496 g/mol. The van der Waals surface area contributed by atoms with Crippen LogP contribution in [0.4, 0.5) is 17.6 Å². The predicted octanol–water partition coefficient (Wildman–Crippen LogP) is 3.79. The molecule has 0 radical (unpaired) electrons. The third-order valence-corrected chi connectivity index (χ3v) is 5.92. The van der Waals surface area contributed by atoms with Crippen molar-refractivity contribution >= 4 is 11.8 Å². The van der Waals surface area contributed by atoms with Gasteiger partial charge in [0, 0.05) is 36.5 Å². The van der Waals surface area contributed by atoms with Gasteiger partial charge in [-0.05, 0) is 29.8 Å².